The van der Waals surface area contributed by atoms with Crippen LogP contribution >= 0.6 is 0 Å². The minimum atomic E-state index is -0.494. The first kappa shape index (κ1) is 16.6. The Kier molecular flexibility index (Phi) is 4.23. The number of nitrogens with one attached hydrogen (secondary N) is 1. The van der Waals surface area contributed by atoms with Crippen molar-refractivity contribution in [1.29, 1.82) is 0 Å². The fourth-order valence-electron chi connectivity index (χ4n) is 2.84. The minimum absolute atomic E-state index is 0.0234. The Morgan fingerprint density at radius 2 is 1.48 bits per heavy atom. The van der Waals surface area contributed by atoms with Gasteiger partial charge < -0.3 is 9.72 Å². The molecule has 5 heteroatoms. The lowest BCUT2D eigenvalue weighted by atomic mass is 9.98. The third kappa shape index (κ3) is 2.96. The topological polar surface area (TPSA) is 76.2 Å². The number of hydrogen-bond acceptors (Lipinski definition) is 4. The van der Waals surface area contributed by atoms with E-state index >= 15 is 0 Å². The maximum atomic E-state index is 12.2. The van der Waals surface area contributed by atoms with Crippen LogP contribution in [0.2, 0.25) is 0 Å². The van der Waals surface area contributed by atoms with Gasteiger partial charge in [0.2, 0.25) is 0 Å². The number of ether oxygens (including phenoxy) is 1. The van der Waals surface area contributed by atoms with E-state index in [9.17, 15) is 14.4 Å². The van der Waals surface area contributed by atoms with Crippen LogP contribution in [0.1, 0.15) is 45.1 Å². The molecule has 0 aliphatic heterocycles. The van der Waals surface area contributed by atoms with Gasteiger partial charge in [0.15, 0.2) is 11.6 Å². The fraction of sp³-hybridized carbons (Fsp3) is 0.150. The molecule has 0 atom stereocenters. The summed E-state index contributed by atoms with van der Waals surface area (Å²) < 4.78 is 4.88. The summed E-state index contributed by atoms with van der Waals surface area (Å²) in [6.07, 6.45) is 0. The van der Waals surface area contributed by atoms with Gasteiger partial charge in [-0.1, -0.05) is 36.4 Å². The Morgan fingerprint density at radius 1 is 0.880 bits per heavy atom. The van der Waals surface area contributed by atoms with Crippen molar-refractivity contribution in [2.24, 2.45) is 0 Å². The lowest BCUT2D eigenvalue weighted by Crippen LogP contribution is -2.03. The number of carbonyl (C=O) groups excluding carboxylic acids is 3. The Morgan fingerprint density at radius 3 is 2.04 bits per heavy atom. The monoisotopic (exact) mass is 335 g/mol. The Bertz CT molecular complexity index is 996. The van der Waals surface area contributed by atoms with Crippen molar-refractivity contribution >= 4 is 28.4 Å². The number of Topliss-reactive ketones (excluding diaryl/α,β-unsaturated/α-hetero) is 2. The van der Waals surface area contributed by atoms with Crippen LogP contribution < -0.4 is 0 Å². The molecule has 0 spiro atoms. The summed E-state index contributed by atoms with van der Waals surface area (Å²) in [5.41, 5.74) is 3.62. The number of rotatable bonds is 4. The Balaban J connectivity index is 2.25. The van der Waals surface area contributed by atoms with E-state index in [-0.39, 0.29) is 11.6 Å². The number of ketones is 2. The number of aromatic nitrogens is 1. The molecule has 0 radical (unpaired) electrons. The van der Waals surface area contributed by atoms with E-state index in [0.29, 0.717) is 27.9 Å². The van der Waals surface area contributed by atoms with Gasteiger partial charge in [-0.25, -0.2) is 4.79 Å². The first-order chi connectivity index (χ1) is 11.9. The van der Waals surface area contributed by atoms with Gasteiger partial charge in [-0.2, -0.15) is 0 Å². The highest BCUT2D eigenvalue weighted by molar-refractivity contribution is 6.09. The largest absolute Gasteiger partial charge is 0.464 e. The predicted molar refractivity (Wildman–Crippen MR) is 95.1 cm³/mol. The second kappa shape index (κ2) is 6.36. The number of aromatic amines is 1. The SMILES string of the molecule is COC(=O)c1[nH]c2cc(C(C)=O)ccc2c1-c1ccc(C(C)=O)cc1. The van der Waals surface area contributed by atoms with Crippen LogP contribution in [0.4, 0.5) is 0 Å². The Labute approximate surface area is 144 Å². The molecule has 1 N–H and O–H groups in total. The van der Waals surface area contributed by atoms with Gasteiger partial charge in [0.1, 0.15) is 5.69 Å². The molecule has 25 heavy (non-hydrogen) atoms. The molecule has 1 aromatic heterocycles. The molecule has 0 unspecified atom stereocenters. The molecule has 5 nitrogen and oxygen atoms in total. The lowest BCUT2D eigenvalue weighted by Gasteiger charge is -2.05. The minimum Gasteiger partial charge on any atom is -0.464 e. The highest BCUT2D eigenvalue weighted by Gasteiger charge is 2.20. The first-order valence-electron chi connectivity index (χ1n) is 7.78. The molecule has 0 amide bonds. The maximum absolute atomic E-state index is 12.2. The molecule has 2 aromatic carbocycles. The van der Waals surface area contributed by atoms with E-state index in [2.05, 4.69) is 4.98 Å². The number of benzene rings is 2. The molecule has 0 saturated heterocycles. The molecule has 0 aliphatic carbocycles. The summed E-state index contributed by atoms with van der Waals surface area (Å²) >= 11 is 0. The summed E-state index contributed by atoms with van der Waals surface area (Å²) in [6.45, 7) is 3.00. The quantitative estimate of drug-likeness (QED) is 0.577. The molecule has 0 bridgehead atoms. The third-order valence-electron chi connectivity index (χ3n) is 4.17. The predicted octanol–water partition coefficient (Wildman–Crippen LogP) is 4.03. The summed E-state index contributed by atoms with van der Waals surface area (Å²) in [4.78, 5) is 38.3. The summed E-state index contributed by atoms with van der Waals surface area (Å²) in [7, 11) is 1.32. The van der Waals surface area contributed by atoms with Gasteiger partial charge in [0.05, 0.1) is 7.11 Å². The van der Waals surface area contributed by atoms with Crippen LogP contribution in [0.3, 0.4) is 0 Å². The molecule has 0 aliphatic rings. The van der Waals surface area contributed by atoms with Crippen LogP contribution in [-0.2, 0) is 4.74 Å². The first-order valence-corrected chi connectivity index (χ1v) is 7.78. The fourth-order valence-corrected chi connectivity index (χ4v) is 2.84. The average molecular weight is 335 g/mol. The second-order valence-electron chi connectivity index (χ2n) is 5.82. The molecular weight excluding hydrogens is 318 g/mol. The number of fused-ring (bicyclic) bond motifs is 1. The van der Waals surface area contributed by atoms with Crippen molar-refractivity contribution in [2.45, 2.75) is 13.8 Å². The lowest BCUT2D eigenvalue weighted by molar-refractivity contribution is 0.0595. The van der Waals surface area contributed by atoms with Crippen LogP contribution in [0.5, 0.6) is 0 Å². The van der Waals surface area contributed by atoms with Gasteiger partial charge in [-0.15, -0.1) is 0 Å². The van der Waals surface area contributed by atoms with E-state index in [1.165, 1.54) is 21.0 Å². The smallest absolute Gasteiger partial charge is 0.355 e. The summed E-state index contributed by atoms with van der Waals surface area (Å²) in [5, 5.41) is 0.806. The van der Waals surface area contributed by atoms with Gasteiger partial charge in [-0.05, 0) is 25.5 Å². The zero-order valence-electron chi connectivity index (χ0n) is 14.2. The number of carbonyl (C=O) groups is 3. The van der Waals surface area contributed by atoms with Crippen molar-refractivity contribution in [1.82, 2.24) is 4.98 Å². The van der Waals surface area contributed by atoms with Crippen molar-refractivity contribution in [3.63, 3.8) is 0 Å². The van der Waals surface area contributed by atoms with Crippen LogP contribution in [0.15, 0.2) is 42.5 Å². The molecule has 3 aromatic rings. The normalized spacial score (nSPS) is 10.7. The third-order valence-corrected chi connectivity index (χ3v) is 4.17. The highest BCUT2D eigenvalue weighted by atomic mass is 16.5. The van der Waals surface area contributed by atoms with Crippen molar-refractivity contribution in [3.05, 3.63) is 59.3 Å². The molecule has 0 fully saturated rings. The second-order valence-corrected chi connectivity index (χ2v) is 5.82. The van der Waals surface area contributed by atoms with Crippen molar-refractivity contribution < 1.29 is 19.1 Å². The molecular formula is C20H17NO4. The standard InChI is InChI=1S/C20H17NO4/c1-11(22)13-4-6-14(7-5-13)18-16-9-8-15(12(2)23)10-17(16)21-19(18)20(24)25-3/h4-10,21H,1-3H3. The van der Waals surface area contributed by atoms with Crippen LogP contribution in [-0.4, -0.2) is 29.6 Å². The summed E-state index contributed by atoms with van der Waals surface area (Å²) in [6, 6.07) is 12.3. The van der Waals surface area contributed by atoms with Crippen molar-refractivity contribution in [2.75, 3.05) is 7.11 Å². The van der Waals surface area contributed by atoms with Gasteiger partial charge >= 0.3 is 5.97 Å². The molecule has 0 saturated carbocycles. The van der Waals surface area contributed by atoms with E-state index in [1.54, 1.807) is 36.4 Å². The number of H-pyrrole nitrogens is 1. The van der Waals surface area contributed by atoms with E-state index in [0.717, 1.165) is 10.9 Å². The van der Waals surface area contributed by atoms with E-state index in [1.807, 2.05) is 6.07 Å². The maximum Gasteiger partial charge on any atom is 0.355 e. The number of esters is 1. The number of hydrogen-bond donors (Lipinski definition) is 1. The van der Waals surface area contributed by atoms with E-state index in [4.69, 9.17) is 4.74 Å². The van der Waals surface area contributed by atoms with Crippen molar-refractivity contribution in [3.8, 4) is 11.1 Å². The molecule has 3 rings (SSSR count). The van der Waals surface area contributed by atoms with Gasteiger partial charge in [0.25, 0.3) is 0 Å². The molecule has 1 heterocycles. The van der Waals surface area contributed by atoms with Gasteiger partial charge in [0, 0.05) is 27.6 Å². The zero-order chi connectivity index (χ0) is 18.1. The van der Waals surface area contributed by atoms with Crippen LogP contribution in [0.25, 0.3) is 22.0 Å². The Hall–Kier alpha value is -3.21. The average Bonchev–Trinajstić information content (AvgIpc) is 2.99. The summed E-state index contributed by atoms with van der Waals surface area (Å²) in [5.74, 6) is -0.570. The van der Waals surface area contributed by atoms with Crippen LogP contribution in [0, 0.1) is 0 Å². The number of methoxy groups -OCH3 is 1. The molecule has 126 valence electrons. The van der Waals surface area contributed by atoms with Gasteiger partial charge in [-0.3, -0.25) is 9.59 Å². The highest BCUT2D eigenvalue weighted by Crippen LogP contribution is 2.33. The van der Waals surface area contributed by atoms with E-state index < -0.39 is 5.97 Å². The zero-order valence-corrected chi connectivity index (χ0v) is 14.2.